The average Bonchev–Trinajstić information content (AvgIpc) is 2.89. The largest absolute Gasteiger partial charge is 0.432 e. The van der Waals surface area contributed by atoms with Crippen molar-refractivity contribution in [1.82, 2.24) is 0 Å². The fourth-order valence-electron chi connectivity index (χ4n) is 6.06. The van der Waals surface area contributed by atoms with E-state index in [1.807, 2.05) is 6.08 Å². The van der Waals surface area contributed by atoms with Gasteiger partial charge in [-0.3, -0.25) is 0 Å². The van der Waals surface area contributed by atoms with Crippen LogP contribution in [0.1, 0.15) is 74.8 Å². The Bertz CT molecular complexity index is 1090. The Kier molecular flexibility index (Phi) is 9.62. The molecular weight excluding hydrogens is 525 g/mol. The van der Waals surface area contributed by atoms with E-state index in [0.29, 0.717) is 42.8 Å². The van der Waals surface area contributed by atoms with Crippen molar-refractivity contribution in [3.63, 3.8) is 0 Å². The minimum Gasteiger partial charge on any atom is -0.429 e. The second kappa shape index (κ2) is 12.7. The fraction of sp³-hybridized carbons (Fsp3) is 0.533. The van der Waals surface area contributed by atoms with Crippen LogP contribution in [0, 0.1) is 46.8 Å². The third-order valence-corrected chi connectivity index (χ3v) is 8.18. The van der Waals surface area contributed by atoms with Crippen LogP contribution in [0.5, 0.6) is 5.75 Å². The van der Waals surface area contributed by atoms with Gasteiger partial charge in [0.1, 0.15) is 22.9 Å². The van der Waals surface area contributed by atoms with Crippen LogP contribution in [0.3, 0.4) is 0 Å². The molecule has 0 N–H and O–H groups in total. The number of rotatable bonds is 10. The van der Waals surface area contributed by atoms with Crippen LogP contribution in [-0.4, -0.2) is 13.2 Å². The van der Waals surface area contributed by atoms with Gasteiger partial charge in [-0.15, -0.1) is 6.58 Å². The molecule has 2 nitrogen and oxygen atoms in total. The predicted octanol–water partition coefficient (Wildman–Crippen LogP) is 9.18. The second-order valence-electron chi connectivity index (χ2n) is 10.7. The normalized spacial score (nSPS) is 24.0. The summed E-state index contributed by atoms with van der Waals surface area (Å²) in [5.41, 5.74) is -1.38. The molecule has 2 aromatic carbocycles. The molecule has 0 atom stereocenters. The molecule has 0 spiro atoms. The number of hydrogen-bond donors (Lipinski definition) is 0. The molecule has 0 aromatic heterocycles. The summed E-state index contributed by atoms with van der Waals surface area (Å²) >= 11 is 0. The first-order valence-electron chi connectivity index (χ1n) is 13.5. The SMILES string of the molecule is C=CCCOCC1CCC(C2CCC(c3cc(F)c(C(F)(F)Oc4cc(F)c(F)c(F)c4)c(F)c3)CC2)CC1. The molecule has 0 amide bonds. The zero-order valence-electron chi connectivity index (χ0n) is 21.6. The van der Waals surface area contributed by atoms with E-state index < -0.39 is 46.5 Å². The average molecular weight is 559 g/mol. The molecule has 4 rings (SSSR count). The number of hydrogen-bond acceptors (Lipinski definition) is 2. The number of alkyl halides is 2. The number of halogens is 7. The maximum atomic E-state index is 14.8. The highest BCUT2D eigenvalue weighted by Crippen LogP contribution is 2.45. The van der Waals surface area contributed by atoms with E-state index in [9.17, 15) is 30.7 Å². The quantitative estimate of drug-likeness (QED) is 0.125. The lowest BCUT2D eigenvalue weighted by atomic mass is 9.68. The van der Waals surface area contributed by atoms with E-state index in [-0.39, 0.29) is 18.1 Å². The molecule has 0 heterocycles. The van der Waals surface area contributed by atoms with E-state index >= 15 is 0 Å². The second-order valence-corrected chi connectivity index (χ2v) is 10.7. The first kappa shape index (κ1) is 29.4. The third kappa shape index (κ3) is 7.16. The Morgan fingerprint density at radius 3 is 1.85 bits per heavy atom. The summed E-state index contributed by atoms with van der Waals surface area (Å²) in [5, 5.41) is 0. The van der Waals surface area contributed by atoms with Gasteiger partial charge in [-0.25, -0.2) is 22.0 Å². The number of benzene rings is 2. The molecule has 2 fully saturated rings. The lowest BCUT2D eigenvalue weighted by Crippen LogP contribution is -2.27. The van der Waals surface area contributed by atoms with E-state index in [1.165, 1.54) is 0 Å². The lowest BCUT2D eigenvalue weighted by Gasteiger charge is -2.38. The van der Waals surface area contributed by atoms with Crippen molar-refractivity contribution in [1.29, 1.82) is 0 Å². The molecule has 9 heteroatoms. The van der Waals surface area contributed by atoms with Gasteiger partial charge in [0.15, 0.2) is 17.5 Å². The maximum Gasteiger partial charge on any atom is 0.432 e. The van der Waals surface area contributed by atoms with Crippen LogP contribution < -0.4 is 4.74 Å². The van der Waals surface area contributed by atoms with Crippen LogP contribution in [0.4, 0.5) is 30.7 Å². The molecule has 2 aromatic rings. The first-order chi connectivity index (χ1) is 18.6. The molecule has 0 saturated heterocycles. The first-order valence-corrected chi connectivity index (χ1v) is 13.5. The van der Waals surface area contributed by atoms with Crippen molar-refractivity contribution in [2.75, 3.05) is 13.2 Å². The van der Waals surface area contributed by atoms with Crippen LogP contribution in [0.2, 0.25) is 0 Å². The minimum absolute atomic E-state index is 0.163. The Balaban J connectivity index is 1.34. The zero-order chi connectivity index (χ0) is 28.2. The van der Waals surface area contributed by atoms with Crippen molar-refractivity contribution in [3.8, 4) is 5.75 Å². The van der Waals surface area contributed by atoms with Crippen LogP contribution >= 0.6 is 0 Å². The van der Waals surface area contributed by atoms with Crippen molar-refractivity contribution < 1.29 is 40.2 Å². The van der Waals surface area contributed by atoms with Gasteiger partial charge in [0.2, 0.25) is 0 Å². The number of ether oxygens (including phenoxy) is 2. The standard InChI is InChI=1S/C30H33F7O2/c1-2-3-12-38-17-18-4-6-19(7-5-18)20-8-10-21(11-9-20)22-13-24(31)28(25(32)14-22)30(36,37)39-23-15-26(33)29(35)27(34)16-23/h2,13-16,18-21H,1,3-12,17H2. The molecule has 2 aliphatic rings. The summed E-state index contributed by atoms with van der Waals surface area (Å²) in [5.74, 6) is -7.99. The summed E-state index contributed by atoms with van der Waals surface area (Å²) < 4.78 is 109. The topological polar surface area (TPSA) is 18.5 Å². The molecule has 0 bridgehead atoms. The molecule has 39 heavy (non-hydrogen) atoms. The summed E-state index contributed by atoms with van der Waals surface area (Å²) in [7, 11) is 0. The van der Waals surface area contributed by atoms with Crippen LogP contribution in [0.15, 0.2) is 36.9 Å². The zero-order valence-corrected chi connectivity index (χ0v) is 21.6. The van der Waals surface area contributed by atoms with Gasteiger partial charge in [0.25, 0.3) is 0 Å². The Morgan fingerprint density at radius 2 is 1.31 bits per heavy atom. The molecule has 214 valence electrons. The summed E-state index contributed by atoms with van der Waals surface area (Å²) in [6.07, 6.45) is 5.86. The van der Waals surface area contributed by atoms with Crippen molar-refractivity contribution in [2.45, 2.75) is 69.8 Å². The van der Waals surface area contributed by atoms with E-state index in [1.54, 1.807) is 0 Å². The Hall–Kier alpha value is -2.55. The van der Waals surface area contributed by atoms with Gasteiger partial charge in [-0.05, 0) is 99.2 Å². The van der Waals surface area contributed by atoms with Gasteiger partial charge in [-0.1, -0.05) is 6.08 Å². The van der Waals surface area contributed by atoms with Gasteiger partial charge >= 0.3 is 6.11 Å². The molecular formula is C30H33F7O2. The monoisotopic (exact) mass is 558 g/mol. The van der Waals surface area contributed by atoms with Gasteiger partial charge in [-0.2, -0.15) is 8.78 Å². The van der Waals surface area contributed by atoms with Crippen molar-refractivity contribution in [3.05, 3.63) is 77.1 Å². The van der Waals surface area contributed by atoms with Gasteiger partial charge < -0.3 is 9.47 Å². The minimum atomic E-state index is -4.59. The van der Waals surface area contributed by atoms with Crippen LogP contribution in [-0.2, 0) is 10.8 Å². The van der Waals surface area contributed by atoms with E-state index in [2.05, 4.69) is 11.3 Å². The highest BCUT2D eigenvalue weighted by molar-refractivity contribution is 5.33. The summed E-state index contributed by atoms with van der Waals surface area (Å²) in [6, 6.07) is 2.12. The van der Waals surface area contributed by atoms with Crippen molar-refractivity contribution in [2.24, 2.45) is 17.8 Å². The Labute approximate surface area is 224 Å². The molecule has 2 aliphatic carbocycles. The highest BCUT2D eigenvalue weighted by atomic mass is 19.3. The van der Waals surface area contributed by atoms with E-state index in [4.69, 9.17) is 4.74 Å². The van der Waals surface area contributed by atoms with Gasteiger partial charge in [0.05, 0.1) is 6.61 Å². The highest BCUT2D eigenvalue weighted by Gasteiger charge is 2.42. The van der Waals surface area contributed by atoms with Crippen LogP contribution in [0.25, 0.3) is 0 Å². The lowest BCUT2D eigenvalue weighted by molar-refractivity contribution is -0.189. The third-order valence-electron chi connectivity index (χ3n) is 8.18. The Morgan fingerprint density at radius 1 is 0.769 bits per heavy atom. The molecule has 0 radical (unpaired) electrons. The van der Waals surface area contributed by atoms with Crippen molar-refractivity contribution >= 4 is 0 Å². The molecule has 0 unspecified atom stereocenters. The predicted molar refractivity (Wildman–Crippen MR) is 133 cm³/mol. The van der Waals surface area contributed by atoms with E-state index in [0.717, 1.165) is 63.7 Å². The fourth-order valence-corrected chi connectivity index (χ4v) is 6.06. The molecule has 2 saturated carbocycles. The smallest absolute Gasteiger partial charge is 0.429 e. The van der Waals surface area contributed by atoms with Gasteiger partial charge in [0, 0.05) is 18.7 Å². The summed E-state index contributed by atoms with van der Waals surface area (Å²) in [4.78, 5) is 0. The summed E-state index contributed by atoms with van der Waals surface area (Å²) in [6.45, 7) is 5.17. The maximum absolute atomic E-state index is 14.8. The molecule has 0 aliphatic heterocycles.